The maximum absolute atomic E-state index is 10.6. The summed E-state index contributed by atoms with van der Waals surface area (Å²) in [5.41, 5.74) is 1.81. The number of hydrogen-bond acceptors (Lipinski definition) is 5. The Kier molecular flexibility index (Phi) is 3.89. The molecule has 5 nitrogen and oxygen atoms in total. The van der Waals surface area contributed by atoms with Crippen LogP contribution in [0.4, 0.5) is 5.82 Å². The number of aryl methyl sites for hydroxylation is 1. The summed E-state index contributed by atoms with van der Waals surface area (Å²) in [6.45, 7) is 1.90. The van der Waals surface area contributed by atoms with Crippen molar-refractivity contribution < 1.29 is 9.84 Å². The number of hydrogen-bond donors (Lipinski definition) is 1. The lowest BCUT2D eigenvalue weighted by atomic mass is 9.93. The zero-order valence-corrected chi connectivity index (χ0v) is 12.1. The second-order valence-electron chi connectivity index (χ2n) is 6.02. The maximum atomic E-state index is 10.6. The van der Waals surface area contributed by atoms with Gasteiger partial charge < -0.3 is 14.7 Å². The van der Waals surface area contributed by atoms with Crippen LogP contribution in [0.1, 0.15) is 36.9 Å². The van der Waals surface area contributed by atoms with Gasteiger partial charge in [-0.15, -0.1) is 0 Å². The fourth-order valence-electron chi connectivity index (χ4n) is 3.26. The molecule has 1 fully saturated rings. The number of aromatic nitrogens is 2. The van der Waals surface area contributed by atoms with Crippen molar-refractivity contribution in [3.8, 4) is 0 Å². The van der Waals surface area contributed by atoms with Gasteiger partial charge in [-0.3, -0.25) is 0 Å². The van der Waals surface area contributed by atoms with E-state index in [4.69, 9.17) is 4.74 Å². The van der Waals surface area contributed by atoms with Gasteiger partial charge in [-0.2, -0.15) is 0 Å². The van der Waals surface area contributed by atoms with Crippen LogP contribution in [0.5, 0.6) is 0 Å². The zero-order valence-electron chi connectivity index (χ0n) is 12.1. The third-order valence-electron chi connectivity index (χ3n) is 4.42. The van der Waals surface area contributed by atoms with Crippen LogP contribution in [0.25, 0.3) is 0 Å². The smallest absolute Gasteiger partial charge is 0.135 e. The van der Waals surface area contributed by atoms with Crippen LogP contribution >= 0.6 is 0 Å². The first-order chi connectivity index (χ1) is 9.68. The van der Waals surface area contributed by atoms with Crippen LogP contribution in [0.3, 0.4) is 0 Å². The van der Waals surface area contributed by atoms with Crippen LogP contribution in [0.2, 0.25) is 0 Å². The van der Waals surface area contributed by atoms with Gasteiger partial charge in [0.2, 0.25) is 0 Å². The van der Waals surface area contributed by atoms with E-state index in [0.29, 0.717) is 32.6 Å². The van der Waals surface area contributed by atoms with Gasteiger partial charge in [-0.1, -0.05) is 0 Å². The molecule has 1 aliphatic heterocycles. The lowest BCUT2D eigenvalue weighted by Gasteiger charge is -2.36. The maximum Gasteiger partial charge on any atom is 0.135 e. The summed E-state index contributed by atoms with van der Waals surface area (Å²) in [6.07, 6.45) is 7.58. The molecule has 1 aliphatic carbocycles. The summed E-state index contributed by atoms with van der Waals surface area (Å²) in [5.74, 6) is 0.995. The van der Waals surface area contributed by atoms with Gasteiger partial charge >= 0.3 is 0 Å². The van der Waals surface area contributed by atoms with Crippen molar-refractivity contribution in [1.82, 2.24) is 9.97 Å². The Morgan fingerprint density at radius 3 is 2.80 bits per heavy atom. The number of anilines is 1. The molecule has 0 radical (unpaired) electrons. The molecule has 20 heavy (non-hydrogen) atoms. The van der Waals surface area contributed by atoms with Crippen molar-refractivity contribution in [1.29, 1.82) is 0 Å². The lowest BCUT2D eigenvalue weighted by Crippen LogP contribution is -2.46. The highest BCUT2D eigenvalue weighted by Gasteiger charge is 2.32. The SMILES string of the molecule is CN(CC1(O)CCOCC1)c1ncnc2c1CCCC2. The average molecular weight is 277 g/mol. The van der Waals surface area contributed by atoms with Gasteiger partial charge in [0, 0.05) is 50.9 Å². The predicted octanol–water partition coefficient (Wildman–Crippen LogP) is 1.33. The number of ether oxygens (including phenoxy) is 1. The second kappa shape index (κ2) is 5.66. The van der Waals surface area contributed by atoms with Crippen LogP contribution in [0.15, 0.2) is 6.33 Å². The summed E-state index contributed by atoms with van der Waals surface area (Å²) >= 11 is 0. The summed E-state index contributed by atoms with van der Waals surface area (Å²) in [7, 11) is 2.02. The van der Waals surface area contributed by atoms with Gasteiger partial charge in [0.25, 0.3) is 0 Å². The third kappa shape index (κ3) is 2.79. The highest BCUT2D eigenvalue weighted by molar-refractivity contribution is 5.49. The van der Waals surface area contributed by atoms with Crippen molar-refractivity contribution in [2.24, 2.45) is 0 Å². The molecule has 1 saturated heterocycles. The zero-order chi connectivity index (χ0) is 14.0. The van der Waals surface area contributed by atoms with E-state index in [9.17, 15) is 5.11 Å². The molecule has 1 aromatic heterocycles. The molecule has 0 amide bonds. The van der Waals surface area contributed by atoms with Gasteiger partial charge in [-0.05, 0) is 25.7 Å². The topological polar surface area (TPSA) is 58.5 Å². The number of rotatable bonds is 3. The number of aliphatic hydroxyl groups is 1. The molecule has 1 aromatic rings. The van der Waals surface area contributed by atoms with Crippen LogP contribution in [-0.4, -0.2) is 47.5 Å². The van der Waals surface area contributed by atoms with E-state index in [1.54, 1.807) is 6.33 Å². The molecular weight excluding hydrogens is 254 g/mol. The standard InChI is InChI=1S/C15H23N3O2/c1-18(10-15(19)6-8-20-9-7-15)14-12-4-2-3-5-13(12)16-11-17-14/h11,19H,2-10H2,1H3. The molecule has 2 heterocycles. The summed E-state index contributed by atoms with van der Waals surface area (Å²) in [4.78, 5) is 11.0. The minimum absolute atomic E-state index is 0.611. The van der Waals surface area contributed by atoms with E-state index < -0.39 is 5.60 Å². The Hall–Kier alpha value is -1.20. The van der Waals surface area contributed by atoms with E-state index in [-0.39, 0.29) is 0 Å². The quantitative estimate of drug-likeness (QED) is 0.903. The van der Waals surface area contributed by atoms with Crippen molar-refractivity contribution in [2.75, 3.05) is 31.7 Å². The average Bonchev–Trinajstić information content (AvgIpc) is 2.47. The minimum Gasteiger partial charge on any atom is -0.388 e. The normalized spacial score (nSPS) is 21.3. The fraction of sp³-hybridized carbons (Fsp3) is 0.733. The highest BCUT2D eigenvalue weighted by Crippen LogP contribution is 2.29. The highest BCUT2D eigenvalue weighted by atomic mass is 16.5. The van der Waals surface area contributed by atoms with Gasteiger partial charge in [0.15, 0.2) is 0 Å². The lowest BCUT2D eigenvalue weighted by molar-refractivity contribution is -0.0573. The first-order valence-corrected chi connectivity index (χ1v) is 7.52. The largest absolute Gasteiger partial charge is 0.388 e. The number of nitrogens with zero attached hydrogens (tertiary/aromatic N) is 3. The minimum atomic E-state index is -0.653. The Morgan fingerprint density at radius 2 is 2.00 bits per heavy atom. The first-order valence-electron chi connectivity index (χ1n) is 7.52. The van der Waals surface area contributed by atoms with E-state index in [1.165, 1.54) is 24.1 Å². The first kappa shape index (κ1) is 13.8. The van der Waals surface area contributed by atoms with Gasteiger partial charge in [0.1, 0.15) is 12.1 Å². The molecule has 0 spiro atoms. The Labute approximate surface area is 120 Å². The van der Waals surface area contributed by atoms with Crippen molar-refractivity contribution in [2.45, 2.75) is 44.1 Å². The number of fused-ring (bicyclic) bond motifs is 1. The molecule has 1 N–H and O–H groups in total. The molecule has 0 saturated carbocycles. The van der Waals surface area contributed by atoms with Crippen molar-refractivity contribution in [3.05, 3.63) is 17.6 Å². The summed E-state index contributed by atoms with van der Waals surface area (Å²) in [5, 5.41) is 10.6. The molecular formula is C15H23N3O2. The Balaban J connectivity index is 1.78. The van der Waals surface area contributed by atoms with Gasteiger partial charge in [-0.25, -0.2) is 9.97 Å². The second-order valence-corrected chi connectivity index (χ2v) is 6.02. The molecule has 0 unspecified atom stereocenters. The predicted molar refractivity (Wildman–Crippen MR) is 76.9 cm³/mol. The summed E-state index contributed by atoms with van der Waals surface area (Å²) in [6, 6.07) is 0. The van der Waals surface area contributed by atoms with E-state index in [0.717, 1.165) is 18.7 Å². The Morgan fingerprint density at radius 1 is 1.25 bits per heavy atom. The van der Waals surface area contributed by atoms with Crippen molar-refractivity contribution >= 4 is 5.82 Å². The third-order valence-corrected chi connectivity index (χ3v) is 4.42. The fourth-order valence-corrected chi connectivity index (χ4v) is 3.26. The van der Waals surface area contributed by atoms with E-state index >= 15 is 0 Å². The van der Waals surface area contributed by atoms with Crippen molar-refractivity contribution in [3.63, 3.8) is 0 Å². The molecule has 5 heteroatoms. The molecule has 110 valence electrons. The molecule has 3 rings (SSSR count). The van der Waals surface area contributed by atoms with E-state index in [2.05, 4.69) is 14.9 Å². The molecule has 2 aliphatic rings. The van der Waals surface area contributed by atoms with Gasteiger partial charge in [0.05, 0.1) is 5.60 Å². The number of likely N-dealkylation sites (N-methyl/N-ethyl adjacent to an activating group) is 1. The van der Waals surface area contributed by atoms with Crippen LogP contribution in [-0.2, 0) is 17.6 Å². The Bertz CT molecular complexity index is 472. The van der Waals surface area contributed by atoms with E-state index in [1.807, 2.05) is 7.05 Å². The molecule has 0 aromatic carbocycles. The van der Waals surface area contributed by atoms with Crippen LogP contribution < -0.4 is 4.90 Å². The molecule has 0 bridgehead atoms. The van der Waals surface area contributed by atoms with Crippen LogP contribution in [0, 0.1) is 0 Å². The molecule has 0 atom stereocenters. The summed E-state index contributed by atoms with van der Waals surface area (Å²) < 4.78 is 5.34. The monoisotopic (exact) mass is 277 g/mol.